The summed E-state index contributed by atoms with van der Waals surface area (Å²) in [5.74, 6) is -0.377. The normalized spacial score (nSPS) is 23.8. The van der Waals surface area contributed by atoms with E-state index in [2.05, 4.69) is 10.4 Å². The number of nitrogens with zero attached hydrogens (tertiary/aromatic N) is 2. The molecule has 136 valence electrons. The van der Waals surface area contributed by atoms with Crippen molar-refractivity contribution in [3.63, 3.8) is 0 Å². The third kappa shape index (κ3) is 4.41. The molecule has 1 aliphatic rings. The van der Waals surface area contributed by atoms with Crippen LogP contribution in [0.4, 0.5) is 13.2 Å². The van der Waals surface area contributed by atoms with Crippen LogP contribution in [0.5, 0.6) is 0 Å². The molecule has 25 heavy (non-hydrogen) atoms. The highest BCUT2D eigenvalue weighted by Crippen LogP contribution is 2.31. The van der Waals surface area contributed by atoms with Gasteiger partial charge in [0.05, 0.1) is 24.1 Å². The van der Waals surface area contributed by atoms with E-state index in [9.17, 15) is 23.1 Å². The van der Waals surface area contributed by atoms with E-state index < -0.39 is 29.8 Å². The predicted molar refractivity (Wildman–Crippen MR) is 80.3 cm³/mol. The van der Waals surface area contributed by atoms with Crippen molar-refractivity contribution in [3.8, 4) is 0 Å². The van der Waals surface area contributed by atoms with Gasteiger partial charge in [-0.3, -0.25) is 9.48 Å². The van der Waals surface area contributed by atoms with Crippen molar-refractivity contribution in [2.75, 3.05) is 0 Å². The SMILES string of the molecule is O=C(Cc1cc(C(F)(F)F)co1)N[C@@H]1CC(Cn2cccn2)C[C@H]1O. The molecule has 0 spiro atoms. The summed E-state index contributed by atoms with van der Waals surface area (Å²) in [6, 6.07) is 2.19. The van der Waals surface area contributed by atoms with Gasteiger partial charge in [-0.15, -0.1) is 0 Å². The molecular formula is C16H18F3N3O3. The maximum absolute atomic E-state index is 12.5. The van der Waals surface area contributed by atoms with Crippen LogP contribution in [0.2, 0.25) is 0 Å². The maximum Gasteiger partial charge on any atom is 0.419 e. The van der Waals surface area contributed by atoms with Crippen molar-refractivity contribution in [3.05, 3.63) is 42.1 Å². The second kappa shape index (κ2) is 6.91. The number of aliphatic hydroxyl groups is 1. The number of aliphatic hydroxyl groups excluding tert-OH is 1. The number of amides is 1. The fraction of sp³-hybridized carbons (Fsp3) is 0.500. The van der Waals surface area contributed by atoms with Crippen molar-refractivity contribution in [2.45, 2.75) is 44.1 Å². The van der Waals surface area contributed by atoms with Gasteiger partial charge < -0.3 is 14.8 Å². The lowest BCUT2D eigenvalue weighted by atomic mass is 10.1. The van der Waals surface area contributed by atoms with Crippen LogP contribution in [0.1, 0.15) is 24.2 Å². The van der Waals surface area contributed by atoms with E-state index in [1.807, 2.05) is 12.3 Å². The Hall–Kier alpha value is -2.29. The molecular weight excluding hydrogens is 339 g/mol. The minimum atomic E-state index is -4.50. The molecule has 0 bridgehead atoms. The molecule has 1 fully saturated rings. The summed E-state index contributed by atoms with van der Waals surface area (Å²) >= 11 is 0. The zero-order valence-corrected chi connectivity index (χ0v) is 13.2. The number of furan rings is 1. The summed E-state index contributed by atoms with van der Waals surface area (Å²) in [5.41, 5.74) is -0.921. The second-order valence-corrected chi connectivity index (χ2v) is 6.28. The highest BCUT2D eigenvalue weighted by atomic mass is 19.4. The number of hydrogen-bond acceptors (Lipinski definition) is 4. The molecule has 0 radical (unpaired) electrons. The lowest BCUT2D eigenvalue weighted by molar-refractivity contribution is -0.138. The number of nitrogens with one attached hydrogen (secondary N) is 1. The molecule has 2 aromatic heterocycles. The number of hydrogen-bond donors (Lipinski definition) is 2. The molecule has 2 N–H and O–H groups in total. The first-order valence-electron chi connectivity index (χ1n) is 7.90. The third-order valence-electron chi connectivity index (χ3n) is 4.29. The fourth-order valence-corrected chi connectivity index (χ4v) is 3.13. The van der Waals surface area contributed by atoms with Crippen molar-refractivity contribution in [1.82, 2.24) is 15.1 Å². The van der Waals surface area contributed by atoms with Gasteiger partial charge in [0.25, 0.3) is 0 Å². The Bertz CT molecular complexity index is 712. The van der Waals surface area contributed by atoms with Gasteiger partial charge in [0.2, 0.25) is 5.91 Å². The van der Waals surface area contributed by atoms with Gasteiger partial charge >= 0.3 is 6.18 Å². The van der Waals surface area contributed by atoms with E-state index in [0.29, 0.717) is 25.6 Å². The first-order valence-corrected chi connectivity index (χ1v) is 7.90. The summed E-state index contributed by atoms with van der Waals surface area (Å²) in [6.07, 6.45) is -0.290. The molecule has 2 aromatic rings. The van der Waals surface area contributed by atoms with Crippen LogP contribution in [0.25, 0.3) is 0 Å². The molecule has 9 heteroatoms. The van der Waals surface area contributed by atoms with Crippen LogP contribution in [0.3, 0.4) is 0 Å². The molecule has 2 heterocycles. The Kier molecular flexibility index (Phi) is 4.85. The van der Waals surface area contributed by atoms with E-state index >= 15 is 0 Å². The number of aromatic nitrogens is 2. The van der Waals surface area contributed by atoms with Gasteiger partial charge in [0, 0.05) is 18.9 Å². The van der Waals surface area contributed by atoms with Crippen molar-refractivity contribution in [2.24, 2.45) is 5.92 Å². The molecule has 1 saturated carbocycles. The highest BCUT2D eigenvalue weighted by molar-refractivity contribution is 5.78. The standard InChI is InChI=1S/C16H18F3N3O3/c17-16(18,19)11-6-12(25-9-11)7-15(24)21-13-4-10(5-14(13)23)8-22-3-1-2-20-22/h1-3,6,9-10,13-14,23H,4-5,7-8H2,(H,21,24)/t10?,13-,14-/m1/s1. The zero-order valence-electron chi connectivity index (χ0n) is 13.2. The van der Waals surface area contributed by atoms with Crippen LogP contribution in [0, 0.1) is 5.92 Å². The highest BCUT2D eigenvalue weighted by Gasteiger charge is 2.35. The molecule has 0 aliphatic heterocycles. The molecule has 1 unspecified atom stereocenters. The molecule has 0 saturated heterocycles. The second-order valence-electron chi connectivity index (χ2n) is 6.28. The fourth-order valence-electron chi connectivity index (χ4n) is 3.13. The van der Waals surface area contributed by atoms with Crippen LogP contribution in [-0.2, 0) is 23.9 Å². The third-order valence-corrected chi connectivity index (χ3v) is 4.29. The summed E-state index contributed by atoms with van der Waals surface area (Å²) in [5, 5.41) is 16.9. The number of carbonyl (C=O) groups excluding carboxylic acids is 1. The molecule has 3 rings (SSSR count). The van der Waals surface area contributed by atoms with Crippen LogP contribution in [-0.4, -0.2) is 32.9 Å². The monoisotopic (exact) mass is 357 g/mol. The molecule has 1 aliphatic carbocycles. The number of carbonyl (C=O) groups is 1. The summed E-state index contributed by atoms with van der Waals surface area (Å²) in [4.78, 5) is 12.0. The molecule has 3 atom stereocenters. The summed E-state index contributed by atoms with van der Waals surface area (Å²) in [7, 11) is 0. The average Bonchev–Trinajstić information content (AvgIpc) is 3.22. The van der Waals surface area contributed by atoms with Gasteiger partial charge in [-0.2, -0.15) is 18.3 Å². The van der Waals surface area contributed by atoms with Crippen molar-refractivity contribution < 1.29 is 27.5 Å². The van der Waals surface area contributed by atoms with E-state index in [4.69, 9.17) is 4.42 Å². The Labute approximate surface area is 141 Å². The number of halogens is 3. The number of alkyl halides is 3. The Morgan fingerprint density at radius 2 is 2.24 bits per heavy atom. The minimum Gasteiger partial charge on any atom is -0.468 e. The van der Waals surface area contributed by atoms with Gasteiger partial charge in [0.1, 0.15) is 12.0 Å². The van der Waals surface area contributed by atoms with Crippen molar-refractivity contribution in [1.29, 1.82) is 0 Å². The largest absolute Gasteiger partial charge is 0.468 e. The number of rotatable bonds is 5. The molecule has 0 aromatic carbocycles. The molecule has 1 amide bonds. The van der Waals surface area contributed by atoms with Crippen molar-refractivity contribution >= 4 is 5.91 Å². The Morgan fingerprint density at radius 3 is 2.88 bits per heavy atom. The van der Waals surface area contributed by atoms with Crippen LogP contribution < -0.4 is 5.32 Å². The first kappa shape index (κ1) is 17.5. The Morgan fingerprint density at radius 1 is 1.44 bits per heavy atom. The average molecular weight is 357 g/mol. The lowest BCUT2D eigenvalue weighted by Gasteiger charge is -2.16. The van der Waals surface area contributed by atoms with Gasteiger partial charge in [0.15, 0.2) is 0 Å². The lowest BCUT2D eigenvalue weighted by Crippen LogP contribution is -2.40. The topological polar surface area (TPSA) is 80.3 Å². The van der Waals surface area contributed by atoms with E-state index in [0.717, 1.165) is 6.07 Å². The maximum atomic E-state index is 12.5. The zero-order chi connectivity index (χ0) is 18.0. The summed E-state index contributed by atoms with van der Waals surface area (Å²) in [6.45, 7) is 0.642. The van der Waals surface area contributed by atoms with E-state index in [1.54, 1.807) is 10.9 Å². The Balaban J connectivity index is 1.51. The van der Waals surface area contributed by atoms with E-state index in [1.165, 1.54) is 0 Å². The van der Waals surface area contributed by atoms with E-state index in [-0.39, 0.29) is 18.1 Å². The van der Waals surface area contributed by atoms with Crippen LogP contribution >= 0.6 is 0 Å². The smallest absolute Gasteiger partial charge is 0.419 e. The first-order chi connectivity index (χ1) is 11.8. The van der Waals surface area contributed by atoms with Crippen LogP contribution in [0.15, 0.2) is 35.2 Å². The summed E-state index contributed by atoms with van der Waals surface area (Å²) < 4.78 is 44.1. The molecule has 6 nitrogen and oxygen atoms in total. The van der Waals surface area contributed by atoms with Gasteiger partial charge in [-0.05, 0) is 30.9 Å². The minimum absolute atomic E-state index is 0.0644. The van der Waals surface area contributed by atoms with Gasteiger partial charge in [-0.25, -0.2) is 0 Å². The quantitative estimate of drug-likeness (QED) is 0.858. The van der Waals surface area contributed by atoms with Gasteiger partial charge in [-0.1, -0.05) is 0 Å². The predicted octanol–water partition coefficient (Wildman–Crippen LogP) is 1.99.